The molecule has 0 heterocycles. The van der Waals surface area contributed by atoms with E-state index in [2.05, 4.69) is 87.8 Å². The Labute approximate surface area is 554 Å². The third-order valence-corrected chi connectivity index (χ3v) is 13.1. The molecule has 0 fully saturated rings. The molecule has 0 saturated carbocycles. The molecule has 8 atom stereocenters. The number of aliphatic carboxylic acids is 1. The fourth-order valence-corrected chi connectivity index (χ4v) is 8.62. The Kier molecular flexibility index (Phi) is 42.9. The molecule has 9 amide bonds. The van der Waals surface area contributed by atoms with Crippen LogP contribution in [-0.4, -0.2) is 219 Å². The Morgan fingerprint density at radius 1 is 0.260 bits per heavy atom. The van der Waals surface area contributed by atoms with Crippen LogP contribution in [0, 0.1) is 0 Å². The minimum absolute atomic E-state index is 0.00490. The molecule has 0 aliphatic carbocycles. The quantitative estimate of drug-likeness (QED) is 0.0153. The Hall–Kier alpha value is -11.1. The molecule has 0 aromatic heterocycles. The average molecular weight is 1370 g/mol. The highest BCUT2D eigenvalue weighted by Crippen LogP contribution is 2.12. The van der Waals surface area contributed by atoms with Crippen molar-refractivity contribution in [2.45, 2.75) is 158 Å². The van der Waals surface area contributed by atoms with Crippen molar-refractivity contribution < 1.29 is 53.1 Å². The molecule has 0 aliphatic heterocycles. The number of nitrogens with zero attached hydrogens (tertiary/aromatic N) is 8. The highest BCUT2D eigenvalue weighted by molar-refractivity contribution is 5.98. The van der Waals surface area contributed by atoms with Gasteiger partial charge in [0.2, 0.25) is 53.2 Å². The summed E-state index contributed by atoms with van der Waals surface area (Å²) in [6, 6.07) is -11.6. The van der Waals surface area contributed by atoms with Crippen molar-refractivity contribution in [2.24, 2.45) is 132 Å². The highest BCUT2D eigenvalue weighted by Gasteiger charge is 2.35. The lowest BCUT2D eigenvalue weighted by Gasteiger charge is -2.28. The number of amides is 9. The van der Waals surface area contributed by atoms with Gasteiger partial charge in [-0.3, -0.25) is 87.9 Å². The van der Waals surface area contributed by atoms with Gasteiger partial charge in [-0.05, 0) is 103 Å². The predicted molar refractivity (Wildman–Crippen MR) is 361 cm³/mol. The third-order valence-electron chi connectivity index (χ3n) is 13.1. The van der Waals surface area contributed by atoms with Gasteiger partial charge >= 0.3 is 5.97 Å². The number of hydrogen-bond acceptors (Lipinski definition) is 18. The van der Waals surface area contributed by atoms with Crippen LogP contribution in [0.5, 0.6) is 0 Å². The molecule has 0 aromatic rings. The molecule has 0 radical (unpaired) electrons. The number of guanidine groups is 8. The first kappa shape index (κ1) is 84.9. The van der Waals surface area contributed by atoms with Crippen molar-refractivity contribution in [3.05, 3.63) is 0 Å². The number of nitrogens with two attached hydrogens (primary N) is 16. The lowest BCUT2D eigenvalue weighted by atomic mass is 10.0. The summed E-state index contributed by atoms with van der Waals surface area (Å²) in [5, 5.41) is 32.3. The van der Waals surface area contributed by atoms with Crippen molar-refractivity contribution >= 4 is 107 Å². The van der Waals surface area contributed by atoms with Gasteiger partial charge in [0.05, 0.1) is 0 Å². The van der Waals surface area contributed by atoms with Crippen LogP contribution in [0.3, 0.4) is 0 Å². The van der Waals surface area contributed by atoms with E-state index in [-0.39, 0.29) is 203 Å². The fourth-order valence-electron chi connectivity index (χ4n) is 8.62. The summed E-state index contributed by atoms with van der Waals surface area (Å²) in [6.45, 7) is 0.199. The van der Waals surface area contributed by atoms with Crippen LogP contribution in [0.2, 0.25) is 0 Å². The minimum atomic E-state index is -1.56. The lowest BCUT2D eigenvalue weighted by Crippen LogP contribution is -2.60. The number of hydrogen-bond donors (Lipinski definition) is 26. The normalized spacial score (nSPS) is 13.0. The Morgan fingerprint density at radius 2 is 0.406 bits per heavy atom. The molecule has 0 rings (SSSR count). The van der Waals surface area contributed by atoms with Gasteiger partial charge in [-0.25, -0.2) is 0 Å². The highest BCUT2D eigenvalue weighted by atomic mass is 16.4. The van der Waals surface area contributed by atoms with Gasteiger partial charge in [0.1, 0.15) is 54.9 Å². The van der Waals surface area contributed by atoms with Crippen molar-refractivity contribution in [2.75, 3.05) is 58.9 Å². The first-order chi connectivity index (χ1) is 45.2. The predicted octanol–water partition coefficient (Wildman–Crippen LogP) is -12.5. The number of carbonyl (C=O) groups excluding carboxylic acids is 9. The summed E-state index contributed by atoms with van der Waals surface area (Å²) >= 11 is 0. The van der Waals surface area contributed by atoms with E-state index in [1.807, 2.05) is 0 Å². The molecule has 542 valence electrons. The van der Waals surface area contributed by atoms with E-state index in [1.165, 1.54) is 6.92 Å². The largest absolute Gasteiger partial charge is 0.480 e. The Morgan fingerprint density at radius 3 is 0.542 bits per heavy atom. The van der Waals surface area contributed by atoms with Crippen LogP contribution >= 0.6 is 0 Å². The topological polar surface area (TPSA) is 814 Å². The smallest absolute Gasteiger partial charge is 0.322 e. The molecular formula is C52H103N33O11. The SMILES string of the molecule is CC(=O)N[C@@H](CCCN=C(N)N)C(=O)N[C@@H](CCCN=C(N)N)C(=O)N[C@@H](CCCN=C(N)N)C(=O)N[C@@H](CCCN=C(N)N)C(=O)N[C@@H](CCCN=C(N)N)C(=O)N[C@@H](CCCN=C(N)N)C(=O)N[C@@H](CCCN=C(N)N)C(=O)N[C@@H](CCCN=C(N)N)C(=O)NCC(=O)O. The molecule has 0 spiro atoms. The molecule has 42 N–H and O–H groups in total. The maximum Gasteiger partial charge on any atom is 0.322 e. The average Bonchev–Trinajstić information content (AvgIpc) is 0.896. The molecule has 44 nitrogen and oxygen atoms in total. The maximum atomic E-state index is 14.8. The molecule has 0 saturated heterocycles. The van der Waals surface area contributed by atoms with Crippen LogP contribution in [0.15, 0.2) is 39.9 Å². The molecule has 0 bridgehead atoms. The molecule has 0 aliphatic rings. The van der Waals surface area contributed by atoms with E-state index in [4.69, 9.17) is 91.7 Å². The number of carbonyl (C=O) groups is 10. The first-order valence-corrected chi connectivity index (χ1v) is 30.5. The number of aliphatic imine (C=N–C) groups is 8. The van der Waals surface area contributed by atoms with Gasteiger partial charge in [-0.1, -0.05) is 0 Å². The second kappa shape index (κ2) is 48.6. The van der Waals surface area contributed by atoms with Crippen LogP contribution < -0.4 is 140 Å². The first-order valence-electron chi connectivity index (χ1n) is 30.5. The number of rotatable bonds is 50. The fraction of sp³-hybridized carbons (Fsp3) is 0.654. The van der Waals surface area contributed by atoms with Crippen molar-refractivity contribution in [3.63, 3.8) is 0 Å². The number of nitrogens with one attached hydrogen (secondary N) is 9. The van der Waals surface area contributed by atoms with E-state index in [0.29, 0.717) is 0 Å². The van der Waals surface area contributed by atoms with E-state index < -0.39 is 114 Å². The van der Waals surface area contributed by atoms with E-state index >= 15 is 0 Å². The van der Waals surface area contributed by atoms with Crippen molar-refractivity contribution in [3.8, 4) is 0 Å². The lowest BCUT2D eigenvalue weighted by molar-refractivity contribution is -0.138. The monoisotopic (exact) mass is 1370 g/mol. The van der Waals surface area contributed by atoms with Gasteiger partial charge in [-0.15, -0.1) is 0 Å². The summed E-state index contributed by atoms with van der Waals surface area (Å²) in [4.78, 5) is 170. The zero-order valence-electron chi connectivity index (χ0n) is 54.1. The second-order valence-corrected chi connectivity index (χ2v) is 21.4. The zero-order chi connectivity index (χ0) is 72.7. The molecular weight excluding hydrogens is 1260 g/mol. The minimum Gasteiger partial charge on any atom is -0.480 e. The van der Waals surface area contributed by atoms with Gasteiger partial charge in [0.15, 0.2) is 47.7 Å². The van der Waals surface area contributed by atoms with Gasteiger partial charge < -0.3 is 145 Å². The zero-order valence-corrected chi connectivity index (χ0v) is 54.1. The standard InChI is InChI=1S/C52H103N33O11/c1-27(86)78-29(11-3-19-70-46(55)56)38(90)80-31(13-5-21-72-48(59)60)40(92)82-33(15-7-23-74-50(63)64)42(94)84-35(17-9-25-76-52(67)68)44(96)85-34(16-8-24-75-51(65)66)43(95)83-32(14-6-22-73-49(61)62)41(93)81-30(12-4-20-71-47(57)58)39(91)79-28(10-2-18-69-45(53)54)37(89)77-26-36(87)88/h28-35H,2-26H2,1H3,(H,77,89)(H,78,86)(H,79,91)(H,80,90)(H,81,93)(H,82,92)(H,83,95)(H,84,94)(H,85,96)(H,87,88)(H4,53,54,69)(H4,55,56,70)(H4,57,58,71)(H4,59,60,72)(H4,61,62,73)(H4,63,64,74)(H4,65,66,75)(H4,67,68,76)/t28-,29-,30-,31-,32-,33-,34-,35-/m0/s1. The Balaban J connectivity index is 7.73. The molecule has 44 heteroatoms. The Bertz CT molecular complexity index is 2740. The third kappa shape index (κ3) is 42.8. The molecule has 0 unspecified atom stereocenters. The summed E-state index contributed by atoms with van der Waals surface area (Å²) in [7, 11) is 0. The van der Waals surface area contributed by atoms with Crippen molar-refractivity contribution in [1.29, 1.82) is 0 Å². The molecule has 0 aromatic carbocycles. The number of carboxylic acids is 1. The van der Waals surface area contributed by atoms with Crippen molar-refractivity contribution in [1.82, 2.24) is 47.9 Å². The van der Waals surface area contributed by atoms with E-state index in [9.17, 15) is 53.1 Å². The van der Waals surface area contributed by atoms with E-state index in [1.54, 1.807) is 0 Å². The van der Waals surface area contributed by atoms with Crippen LogP contribution in [0.1, 0.15) is 110 Å². The van der Waals surface area contributed by atoms with E-state index in [0.717, 1.165) is 0 Å². The summed E-state index contributed by atoms with van der Waals surface area (Å²) in [5.41, 5.74) is 88.5. The van der Waals surface area contributed by atoms with Gasteiger partial charge in [0, 0.05) is 59.3 Å². The van der Waals surface area contributed by atoms with Gasteiger partial charge in [0.25, 0.3) is 0 Å². The van der Waals surface area contributed by atoms with Gasteiger partial charge in [-0.2, -0.15) is 0 Å². The summed E-state index contributed by atoms with van der Waals surface area (Å²) in [5.74, 6) is -11.6. The van der Waals surface area contributed by atoms with Crippen LogP contribution in [-0.2, 0) is 47.9 Å². The molecule has 96 heavy (non-hydrogen) atoms. The summed E-state index contributed by atoms with van der Waals surface area (Å²) in [6.07, 6.45) is -0.588. The second-order valence-electron chi connectivity index (χ2n) is 21.4. The number of carboxylic acid groups (broad SMARTS) is 1. The van der Waals surface area contributed by atoms with Crippen LogP contribution in [0.25, 0.3) is 0 Å². The summed E-state index contributed by atoms with van der Waals surface area (Å²) < 4.78 is 0. The maximum absolute atomic E-state index is 14.8. The van der Waals surface area contributed by atoms with Crippen LogP contribution in [0.4, 0.5) is 0 Å².